The van der Waals surface area contributed by atoms with E-state index in [1.807, 2.05) is 0 Å². The number of halogens is 3. The molecule has 3 rings (SSSR count). The van der Waals surface area contributed by atoms with Crippen molar-refractivity contribution in [2.75, 3.05) is 6.54 Å². The van der Waals surface area contributed by atoms with Gasteiger partial charge in [0.2, 0.25) is 5.91 Å². The van der Waals surface area contributed by atoms with E-state index in [0.717, 1.165) is 41.9 Å². The Hall–Kier alpha value is -2.31. The molecule has 1 heterocycles. The third-order valence-corrected chi connectivity index (χ3v) is 4.35. The third-order valence-electron chi connectivity index (χ3n) is 4.35. The molecule has 4 nitrogen and oxygen atoms in total. The molecule has 7 heteroatoms. The van der Waals surface area contributed by atoms with Crippen molar-refractivity contribution in [2.45, 2.75) is 31.9 Å². The van der Waals surface area contributed by atoms with E-state index >= 15 is 0 Å². The highest BCUT2D eigenvalue weighted by Gasteiger charge is 2.30. The molecular weight excluding hydrogens is 319 g/mol. The summed E-state index contributed by atoms with van der Waals surface area (Å²) in [6, 6.07) is 5.04. The second-order valence-corrected chi connectivity index (χ2v) is 6.00. The van der Waals surface area contributed by atoms with Gasteiger partial charge in [0, 0.05) is 24.6 Å². The number of rotatable bonds is 4. The van der Waals surface area contributed by atoms with Crippen molar-refractivity contribution in [3.63, 3.8) is 0 Å². The third kappa shape index (κ3) is 3.77. The molecule has 24 heavy (non-hydrogen) atoms. The minimum absolute atomic E-state index is 0.0119. The van der Waals surface area contributed by atoms with Crippen molar-refractivity contribution in [3.05, 3.63) is 53.1 Å². The number of H-pyrrole nitrogens is 1. The van der Waals surface area contributed by atoms with Crippen LogP contribution in [0.2, 0.25) is 0 Å². The minimum Gasteiger partial charge on any atom is -0.356 e. The molecule has 0 fully saturated rings. The van der Waals surface area contributed by atoms with Crippen LogP contribution in [0.3, 0.4) is 0 Å². The highest BCUT2D eigenvalue weighted by molar-refractivity contribution is 5.79. The summed E-state index contributed by atoms with van der Waals surface area (Å²) in [5.41, 5.74) is 2.16. The summed E-state index contributed by atoms with van der Waals surface area (Å²) in [5.74, 6) is -0.0901. The Balaban J connectivity index is 1.47. The van der Waals surface area contributed by atoms with E-state index in [-0.39, 0.29) is 11.8 Å². The van der Waals surface area contributed by atoms with Gasteiger partial charge in [-0.2, -0.15) is 13.2 Å². The number of imidazole rings is 1. The summed E-state index contributed by atoms with van der Waals surface area (Å²) in [5, 5.41) is 2.87. The van der Waals surface area contributed by atoms with E-state index in [9.17, 15) is 18.0 Å². The average Bonchev–Trinajstić information content (AvgIpc) is 3.02. The fourth-order valence-electron chi connectivity index (χ4n) is 2.96. The zero-order chi connectivity index (χ0) is 17.2. The molecule has 1 aliphatic rings. The zero-order valence-corrected chi connectivity index (χ0v) is 13.0. The van der Waals surface area contributed by atoms with Crippen LogP contribution in [0.5, 0.6) is 0 Å². The number of alkyl halides is 3. The zero-order valence-electron chi connectivity index (χ0n) is 13.0. The normalized spacial score (nSPS) is 17.4. The molecule has 1 aromatic heterocycles. The summed E-state index contributed by atoms with van der Waals surface area (Å²) in [6.07, 6.45) is 0.0436. The van der Waals surface area contributed by atoms with Crippen molar-refractivity contribution >= 4 is 5.91 Å². The van der Waals surface area contributed by atoms with Gasteiger partial charge < -0.3 is 10.3 Å². The number of nitrogens with zero attached hydrogens (tertiary/aromatic N) is 1. The van der Waals surface area contributed by atoms with Crippen LogP contribution in [0.25, 0.3) is 0 Å². The average molecular weight is 337 g/mol. The van der Waals surface area contributed by atoms with Crippen molar-refractivity contribution < 1.29 is 18.0 Å². The van der Waals surface area contributed by atoms with Gasteiger partial charge in [-0.25, -0.2) is 4.98 Å². The molecule has 1 unspecified atom stereocenters. The first kappa shape index (κ1) is 16.5. The monoisotopic (exact) mass is 337 g/mol. The van der Waals surface area contributed by atoms with Gasteiger partial charge in [-0.05, 0) is 37.0 Å². The summed E-state index contributed by atoms with van der Waals surface area (Å²) in [4.78, 5) is 19.5. The highest BCUT2D eigenvalue weighted by atomic mass is 19.4. The number of carbonyl (C=O) groups excluding carboxylic acids is 1. The lowest BCUT2D eigenvalue weighted by molar-refractivity contribution is -0.137. The Labute approximate surface area is 137 Å². The molecule has 128 valence electrons. The number of hydrogen-bond donors (Lipinski definition) is 2. The minimum atomic E-state index is -4.32. The number of fused-ring (bicyclic) bond motifs is 1. The Morgan fingerprint density at radius 1 is 1.29 bits per heavy atom. The topological polar surface area (TPSA) is 57.8 Å². The Morgan fingerprint density at radius 2 is 2.04 bits per heavy atom. The number of carbonyl (C=O) groups is 1. The van der Waals surface area contributed by atoms with Crippen LogP contribution in [0.15, 0.2) is 30.6 Å². The Bertz CT molecular complexity index is 707. The van der Waals surface area contributed by atoms with Gasteiger partial charge in [0.1, 0.15) is 0 Å². The molecule has 2 N–H and O–H groups in total. The van der Waals surface area contributed by atoms with Crippen LogP contribution in [0.1, 0.15) is 28.9 Å². The van der Waals surface area contributed by atoms with E-state index in [1.165, 1.54) is 12.1 Å². The quantitative estimate of drug-likeness (QED) is 0.901. The van der Waals surface area contributed by atoms with Gasteiger partial charge >= 0.3 is 6.18 Å². The van der Waals surface area contributed by atoms with Crippen LogP contribution in [-0.2, 0) is 30.2 Å². The predicted molar refractivity (Wildman–Crippen MR) is 82.3 cm³/mol. The second kappa shape index (κ2) is 6.67. The van der Waals surface area contributed by atoms with Crippen molar-refractivity contribution in [1.29, 1.82) is 0 Å². The van der Waals surface area contributed by atoms with Crippen LogP contribution < -0.4 is 5.32 Å². The standard InChI is InChI=1S/C17H18F3N3O/c18-17(19,20)13-4-1-11(2-5-13)7-8-21-16(24)12-3-6-14-15(9-12)23-10-22-14/h1-2,4-5,10,12H,3,6-9H2,(H,21,24)(H,22,23). The first-order chi connectivity index (χ1) is 11.4. The lowest BCUT2D eigenvalue weighted by atomic mass is 9.89. The van der Waals surface area contributed by atoms with E-state index in [4.69, 9.17) is 0 Å². The van der Waals surface area contributed by atoms with Gasteiger partial charge in [0.25, 0.3) is 0 Å². The molecule has 0 aliphatic heterocycles. The Kier molecular flexibility index (Phi) is 4.59. The summed E-state index contributed by atoms with van der Waals surface area (Å²) in [6.45, 7) is 0.413. The van der Waals surface area contributed by atoms with Crippen LogP contribution in [0, 0.1) is 5.92 Å². The van der Waals surface area contributed by atoms with Crippen LogP contribution >= 0.6 is 0 Å². The predicted octanol–water partition coefficient (Wildman–Crippen LogP) is 2.89. The van der Waals surface area contributed by atoms with E-state index in [2.05, 4.69) is 15.3 Å². The molecule has 0 saturated carbocycles. The second-order valence-electron chi connectivity index (χ2n) is 6.00. The van der Waals surface area contributed by atoms with Gasteiger partial charge in [0.15, 0.2) is 0 Å². The maximum Gasteiger partial charge on any atom is 0.416 e. The van der Waals surface area contributed by atoms with Gasteiger partial charge in [-0.1, -0.05) is 12.1 Å². The van der Waals surface area contributed by atoms with Crippen molar-refractivity contribution in [1.82, 2.24) is 15.3 Å². The molecule has 1 atom stereocenters. The lowest BCUT2D eigenvalue weighted by Crippen LogP contribution is -2.35. The highest BCUT2D eigenvalue weighted by Crippen LogP contribution is 2.29. The largest absolute Gasteiger partial charge is 0.416 e. The molecule has 0 radical (unpaired) electrons. The summed E-state index contributed by atoms with van der Waals surface area (Å²) < 4.78 is 37.5. The first-order valence-electron chi connectivity index (χ1n) is 7.88. The fraction of sp³-hybridized carbons (Fsp3) is 0.412. The molecule has 2 aromatic rings. The molecule has 1 aliphatic carbocycles. The molecule has 1 aromatic carbocycles. The molecule has 0 bridgehead atoms. The number of nitrogens with one attached hydrogen (secondary N) is 2. The molecule has 0 saturated heterocycles. The summed E-state index contributed by atoms with van der Waals surface area (Å²) in [7, 11) is 0. The smallest absolute Gasteiger partial charge is 0.356 e. The maximum atomic E-state index is 12.5. The van der Waals surface area contributed by atoms with Gasteiger partial charge in [-0.15, -0.1) is 0 Å². The van der Waals surface area contributed by atoms with E-state index in [1.54, 1.807) is 6.33 Å². The number of amides is 1. The number of hydrogen-bond acceptors (Lipinski definition) is 2. The van der Waals surface area contributed by atoms with E-state index in [0.29, 0.717) is 19.4 Å². The lowest BCUT2D eigenvalue weighted by Gasteiger charge is -2.20. The van der Waals surface area contributed by atoms with Gasteiger partial charge in [0.05, 0.1) is 17.6 Å². The SMILES string of the molecule is O=C(NCCc1ccc(C(F)(F)F)cc1)C1CCc2nc[nH]c2C1. The number of aromatic amines is 1. The number of aryl methyl sites for hydroxylation is 1. The Morgan fingerprint density at radius 3 is 2.75 bits per heavy atom. The van der Waals surface area contributed by atoms with Crippen LogP contribution in [0.4, 0.5) is 13.2 Å². The van der Waals surface area contributed by atoms with Crippen molar-refractivity contribution in [3.8, 4) is 0 Å². The summed E-state index contributed by atoms with van der Waals surface area (Å²) >= 11 is 0. The maximum absolute atomic E-state index is 12.5. The molecule has 1 amide bonds. The van der Waals surface area contributed by atoms with Crippen molar-refractivity contribution in [2.24, 2.45) is 5.92 Å². The number of aromatic nitrogens is 2. The molecular formula is C17H18F3N3O. The molecule has 0 spiro atoms. The fourth-order valence-corrected chi connectivity index (χ4v) is 2.96. The first-order valence-corrected chi connectivity index (χ1v) is 7.88. The number of benzene rings is 1. The van der Waals surface area contributed by atoms with E-state index < -0.39 is 11.7 Å². The van der Waals surface area contributed by atoms with Gasteiger partial charge in [-0.3, -0.25) is 4.79 Å². The van der Waals surface area contributed by atoms with Crippen LogP contribution in [-0.4, -0.2) is 22.4 Å².